The Morgan fingerprint density at radius 2 is 1.69 bits per heavy atom. The van der Waals surface area contributed by atoms with Gasteiger partial charge in [0, 0.05) is 5.39 Å². The van der Waals surface area contributed by atoms with Crippen LogP contribution in [0.2, 0.25) is 0 Å². The molecule has 1 atom stereocenters. The van der Waals surface area contributed by atoms with Gasteiger partial charge in [0.1, 0.15) is 17.1 Å². The van der Waals surface area contributed by atoms with E-state index >= 15 is 0 Å². The number of para-hydroxylation sites is 2. The Hall–Kier alpha value is -3.68. The predicted molar refractivity (Wildman–Crippen MR) is 102 cm³/mol. The zero-order valence-electron chi connectivity index (χ0n) is 15.3. The summed E-state index contributed by atoms with van der Waals surface area (Å²) < 4.78 is 34.4. The van der Waals surface area contributed by atoms with E-state index in [0.717, 1.165) is 5.39 Å². The van der Waals surface area contributed by atoms with Crippen molar-refractivity contribution < 1.29 is 33.0 Å². The van der Waals surface area contributed by atoms with E-state index in [1.165, 1.54) is 37.3 Å². The molecular formula is C21H17F2NO5. The van der Waals surface area contributed by atoms with Gasteiger partial charge in [-0.25, -0.2) is 4.79 Å². The van der Waals surface area contributed by atoms with Crippen LogP contribution in [0.3, 0.4) is 0 Å². The minimum absolute atomic E-state index is 0.00857. The summed E-state index contributed by atoms with van der Waals surface area (Å²) in [7, 11) is 0. The molecule has 1 amide bonds. The highest BCUT2D eigenvalue weighted by molar-refractivity contribution is 6.03. The first kappa shape index (κ1) is 20.1. The zero-order chi connectivity index (χ0) is 21.0. The molecule has 3 aromatic carbocycles. The number of ether oxygens (including phenoxy) is 2. The molecule has 0 aliphatic carbocycles. The minimum Gasteiger partial charge on any atom is -0.506 e. The average Bonchev–Trinajstić information content (AvgIpc) is 2.69. The Morgan fingerprint density at radius 1 is 1.00 bits per heavy atom. The Bertz CT molecular complexity index is 1050. The largest absolute Gasteiger partial charge is 0.506 e. The molecule has 0 saturated heterocycles. The lowest BCUT2D eigenvalue weighted by Crippen LogP contribution is -2.30. The van der Waals surface area contributed by atoms with Crippen molar-refractivity contribution in [3.8, 4) is 11.5 Å². The first-order valence-electron chi connectivity index (χ1n) is 8.63. The number of carbonyl (C=O) groups is 2. The normalized spacial score (nSPS) is 11.9. The maximum atomic E-state index is 12.5. The maximum Gasteiger partial charge on any atom is 0.387 e. The lowest BCUT2D eigenvalue weighted by molar-refractivity contribution is -0.123. The molecule has 0 radical (unpaired) electrons. The molecule has 3 rings (SSSR count). The van der Waals surface area contributed by atoms with E-state index in [1.807, 2.05) is 0 Å². The van der Waals surface area contributed by atoms with Crippen LogP contribution < -0.4 is 10.1 Å². The average molecular weight is 401 g/mol. The molecule has 0 saturated carbocycles. The summed E-state index contributed by atoms with van der Waals surface area (Å²) in [5.74, 6) is -2.12. The van der Waals surface area contributed by atoms with Gasteiger partial charge in [0.05, 0.1) is 5.69 Å². The molecule has 0 aliphatic rings. The van der Waals surface area contributed by atoms with Gasteiger partial charge in [0.2, 0.25) is 0 Å². The SMILES string of the molecule is CC(OC(=O)c1ccc2ccccc2c1O)C(=O)Nc1ccccc1OC(F)F. The molecule has 1 unspecified atom stereocenters. The first-order chi connectivity index (χ1) is 13.9. The quantitative estimate of drug-likeness (QED) is 0.601. The number of benzene rings is 3. The number of alkyl halides is 2. The van der Waals surface area contributed by atoms with Crippen LogP contribution in [0, 0.1) is 0 Å². The number of fused-ring (bicyclic) bond motifs is 1. The number of hydrogen-bond acceptors (Lipinski definition) is 5. The van der Waals surface area contributed by atoms with Crippen LogP contribution in [0.15, 0.2) is 60.7 Å². The van der Waals surface area contributed by atoms with Crippen molar-refractivity contribution in [3.63, 3.8) is 0 Å². The van der Waals surface area contributed by atoms with Crippen molar-refractivity contribution in [2.75, 3.05) is 5.32 Å². The van der Waals surface area contributed by atoms with Gasteiger partial charge in [-0.3, -0.25) is 4.79 Å². The van der Waals surface area contributed by atoms with Gasteiger partial charge >= 0.3 is 12.6 Å². The standard InChI is InChI=1S/C21H17F2NO5/c1-12(19(26)24-16-8-4-5-9-17(16)29-21(22)23)28-20(27)15-11-10-13-6-2-3-7-14(13)18(15)25/h2-12,21,25H,1H3,(H,24,26). The number of amides is 1. The molecule has 0 fully saturated rings. The summed E-state index contributed by atoms with van der Waals surface area (Å²) in [6.07, 6.45) is -1.26. The number of nitrogens with one attached hydrogen (secondary N) is 1. The monoisotopic (exact) mass is 401 g/mol. The van der Waals surface area contributed by atoms with Crippen molar-refractivity contribution in [1.82, 2.24) is 0 Å². The smallest absolute Gasteiger partial charge is 0.387 e. The van der Waals surface area contributed by atoms with Crippen molar-refractivity contribution in [2.45, 2.75) is 19.6 Å². The van der Waals surface area contributed by atoms with Crippen LogP contribution >= 0.6 is 0 Å². The van der Waals surface area contributed by atoms with E-state index in [1.54, 1.807) is 30.3 Å². The lowest BCUT2D eigenvalue weighted by Gasteiger charge is -2.16. The van der Waals surface area contributed by atoms with Crippen molar-refractivity contribution >= 4 is 28.3 Å². The molecule has 2 N–H and O–H groups in total. The number of rotatable bonds is 6. The van der Waals surface area contributed by atoms with Crippen LogP contribution in [0.4, 0.5) is 14.5 Å². The highest BCUT2D eigenvalue weighted by Crippen LogP contribution is 2.29. The van der Waals surface area contributed by atoms with E-state index in [2.05, 4.69) is 10.1 Å². The molecule has 6 nitrogen and oxygen atoms in total. The number of aromatic hydroxyl groups is 1. The van der Waals surface area contributed by atoms with Gasteiger partial charge in [-0.1, -0.05) is 42.5 Å². The van der Waals surface area contributed by atoms with E-state index in [4.69, 9.17) is 4.74 Å². The molecule has 8 heteroatoms. The molecule has 29 heavy (non-hydrogen) atoms. The second kappa shape index (κ2) is 8.55. The molecule has 0 heterocycles. The number of phenolic OH excluding ortho intramolecular Hbond substituents is 1. The van der Waals surface area contributed by atoms with Crippen molar-refractivity contribution in [1.29, 1.82) is 0 Å². The van der Waals surface area contributed by atoms with Crippen LogP contribution in [-0.4, -0.2) is 29.7 Å². The Kier molecular flexibility index (Phi) is 5.92. The third-order valence-corrected chi connectivity index (χ3v) is 4.13. The number of esters is 1. The Balaban J connectivity index is 1.72. The fourth-order valence-corrected chi connectivity index (χ4v) is 2.70. The maximum absolute atomic E-state index is 12.5. The number of hydrogen-bond donors (Lipinski definition) is 2. The second-order valence-corrected chi connectivity index (χ2v) is 6.09. The summed E-state index contributed by atoms with van der Waals surface area (Å²) in [5, 5.41) is 13.9. The van der Waals surface area contributed by atoms with Gasteiger partial charge in [0.25, 0.3) is 5.91 Å². The molecular weight excluding hydrogens is 384 g/mol. The molecule has 0 spiro atoms. The van der Waals surface area contributed by atoms with E-state index in [9.17, 15) is 23.5 Å². The third-order valence-electron chi connectivity index (χ3n) is 4.13. The van der Waals surface area contributed by atoms with Gasteiger partial charge < -0.3 is 19.9 Å². The summed E-state index contributed by atoms with van der Waals surface area (Å²) >= 11 is 0. The summed E-state index contributed by atoms with van der Waals surface area (Å²) in [6, 6.07) is 15.6. The van der Waals surface area contributed by atoms with Gasteiger partial charge in [0.15, 0.2) is 6.10 Å². The second-order valence-electron chi connectivity index (χ2n) is 6.09. The van der Waals surface area contributed by atoms with Crippen molar-refractivity contribution in [3.05, 3.63) is 66.2 Å². The number of halogens is 2. The number of carbonyl (C=O) groups excluding carboxylic acids is 2. The lowest BCUT2D eigenvalue weighted by atomic mass is 10.1. The number of phenols is 1. The molecule has 0 aromatic heterocycles. The summed E-state index contributed by atoms with van der Waals surface area (Å²) in [4.78, 5) is 24.7. The summed E-state index contributed by atoms with van der Waals surface area (Å²) in [6.45, 7) is -1.73. The topological polar surface area (TPSA) is 84.9 Å². The zero-order valence-corrected chi connectivity index (χ0v) is 15.3. The van der Waals surface area contributed by atoms with Gasteiger partial charge in [-0.15, -0.1) is 0 Å². The summed E-state index contributed by atoms with van der Waals surface area (Å²) in [5.41, 5.74) is -0.0842. The highest BCUT2D eigenvalue weighted by atomic mass is 19.3. The molecule has 0 bridgehead atoms. The molecule has 0 aliphatic heterocycles. The predicted octanol–water partition coefficient (Wildman–Crippen LogP) is 4.33. The highest BCUT2D eigenvalue weighted by Gasteiger charge is 2.23. The Morgan fingerprint density at radius 3 is 2.45 bits per heavy atom. The third kappa shape index (κ3) is 4.60. The molecule has 3 aromatic rings. The first-order valence-corrected chi connectivity index (χ1v) is 8.63. The fourth-order valence-electron chi connectivity index (χ4n) is 2.70. The molecule has 150 valence electrons. The van der Waals surface area contributed by atoms with Crippen LogP contribution in [0.1, 0.15) is 17.3 Å². The minimum atomic E-state index is -3.06. The van der Waals surface area contributed by atoms with Gasteiger partial charge in [-0.05, 0) is 30.5 Å². The van der Waals surface area contributed by atoms with Crippen LogP contribution in [-0.2, 0) is 9.53 Å². The van der Waals surface area contributed by atoms with Crippen molar-refractivity contribution in [2.24, 2.45) is 0 Å². The fraction of sp³-hybridized carbons (Fsp3) is 0.143. The van der Waals surface area contributed by atoms with E-state index < -0.39 is 24.6 Å². The Labute approximate surface area is 164 Å². The van der Waals surface area contributed by atoms with Crippen LogP contribution in [0.5, 0.6) is 11.5 Å². The van der Waals surface area contributed by atoms with E-state index in [0.29, 0.717) is 5.39 Å². The number of anilines is 1. The van der Waals surface area contributed by atoms with Crippen LogP contribution in [0.25, 0.3) is 10.8 Å². The van der Waals surface area contributed by atoms with Gasteiger partial charge in [-0.2, -0.15) is 8.78 Å². The van der Waals surface area contributed by atoms with E-state index in [-0.39, 0.29) is 22.7 Å².